The van der Waals surface area contributed by atoms with Gasteiger partial charge in [-0.05, 0) is 60.5 Å². The van der Waals surface area contributed by atoms with Crippen molar-refractivity contribution in [3.05, 3.63) is 47.1 Å². The van der Waals surface area contributed by atoms with Crippen LogP contribution in [0.4, 0.5) is 5.69 Å². The fraction of sp³-hybridized carbons (Fsp3) is 0.375. The largest absolute Gasteiger partial charge is 0.493 e. The zero-order valence-corrected chi connectivity index (χ0v) is 19.4. The van der Waals surface area contributed by atoms with E-state index >= 15 is 0 Å². The summed E-state index contributed by atoms with van der Waals surface area (Å²) in [7, 11) is 4.72. The van der Waals surface area contributed by atoms with E-state index in [0.717, 1.165) is 36.9 Å². The molecule has 0 N–H and O–H groups in total. The number of carbonyl (C=O) groups excluding carboxylic acids is 1. The summed E-state index contributed by atoms with van der Waals surface area (Å²) in [5.41, 5.74) is 1.53. The second-order valence-electron chi connectivity index (χ2n) is 7.64. The Bertz CT molecular complexity index is 1010. The van der Waals surface area contributed by atoms with E-state index in [1.54, 1.807) is 33.7 Å². The number of aliphatic imine (C=N–C) groups is 1. The molecule has 1 aliphatic heterocycles. The first kappa shape index (κ1) is 22.2. The van der Waals surface area contributed by atoms with Crippen LogP contribution in [0, 0.1) is 0 Å². The minimum Gasteiger partial charge on any atom is -0.493 e. The predicted octanol–water partition coefficient (Wildman–Crippen LogP) is 5.04. The number of amides is 1. The van der Waals surface area contributed by atoms with Crippen LogP contribution < -0.4 is 14.2 Å². The molecule has 1 aromatic carbocycles. The van der Waals surface area contributed by atoms with Crippen molar-refractivity contribution in [2.75, 3.05) is 21.3 Å². The number of ether oxygens (including phenoxy) is 3. The van der Waals surface area contributed by atoms with Gasteiger partial charge in [-0.1, -0.05) is 19.3 Å². The van der Waals surface area contributed by atoms with E-state index in [9.17, 15) is 4.79 Å². The van der Waals surface area contributed by atoms with Crippen molar-refractivity contribution in [1.29, 1.82) is 0 Å². The first-order chi connectivity index (χ1) is 15.6. The van der Waals surface area contributed by atoms with Crippen LogP contribution in [0.25, 0.3) is 6.08 Å². The van der Waals surface area contributed by atoms with Gasteiger partial charge in [-0.2, -0.15) is 0 Å². The molecule has 1 aromatic heterocycles. The Morgan fingerprint density at radius 1 is 1.09 bits per heavy atom. The van der Waals surface area contributed by atoms with Gasteiger partial charge in [-0.25, -0.2) is 4.99 Å². The molecule has 2 fully saturated rings. The van der Waals surface area contributed by atoms with Crippen LogP contribution in [0.3, 0.4) is 0 Å². The monoisotopic (exact) mass is 453 g/mol. The normalized spacial score (nSPS) is 19.6. The van der Waals surface area contributed by atoms with Gasteiger partial charge in [0.2, 0.25) is 5.75 Å². The molecule has 0 spiro atoms. The van der Waals surface area contributed by atoms with Crippen LogP contribution in [0.5, 0.6) is 17.2 Å². The van der Waals surface area contributed by atoms with Crippen LogP contribution in [0.2, 0.25) is 0 Å². The molecule has 1 amide bonds. The fourth-order valence-electron chi connectivity index (χ4n) is 4.09. The lowest BCUT2D eigenvalue weighted by Gasteiger charge is -2.30. The first-order valence-electron chi connectivity index (χ1n) is 10.7. The summed E-state index contributed by atoms with van der Waals surface area (Å²) in [5, 5.41) is 0.702. The van der Waals surface area contributed by atoms with E-state index in [2.05, 4.69) is 4.98 Å². The maximum atomic E-state index is 13.5. The Balaban J connectivity index is 1.73. The van der Waals surface area contributed by atoms with Gasteiger partial charge >= 0.3 is 0 Å². The number of aromatic nitrogens is 1. The zero-order valence-electron chi connectivity index (χ0n) is 18.5. The van der Waals surface area contributed by atoms with Crippen LogP contribution in [-0.4, -0.2) is 48.3 Å². The molecule has 0 bridgehead atoms. The highest BCUT2D eigenvalue weighted by atomic mass is 32.2. The predicted molar refractivity (Wildman–Crippen MR) is 127 cm³/mol. The van der Waals surface area contributed by atoms with E-state index in [-0.39, 0.29) is 11.9 Å². The van der Waals surface area contributed by atoms with Crippen molar-refractivity contribution in [1.82, 2.24) is 9.88 Å². The average Bonchev–Trinajstić information content (AvgIpc) is 3.13. The van der Waals surface area contributed by atoms with Crippen molar-refractivity contribution < 1.29 is 19.0 Å². The highest BCUT2D eigenvalue weighted by Crippen LogP contribution is 2.42. The number of hydrogen-bond acceptors (Lipinski definition) is 7. The van der Waals surface area contributed by atoms with Crippen LogP contribution >= 0.6 is 11.8 Å². The van der Waals surface area contributed by atoms with E-state index in [0.29, 0.717) is 27.3 Å². The molecule has 32 heavy (non-hydrogen) atoms. The SMILES string of the molecule is COc1cc(/C=C2\SC(=Nc3cccnc3)N(C3CCCCC3)C2=O)cc(OC)c1OC. The maximum absolute atomic E-state index is 13.5. The number of nitrogens with zero attached hydrogens (tertiary/aromatic N) is 3. The molecule has 168 valence electrons. The molecule has 1 aliphatic carbocycles. The van der Waals surface area contributed by atoms with Crippen molar-refractivity contribution in [3.8, 4) is 17.2 Å². The van der Waals surface area contributed by atoms with Gasteiger partial charge in [0.15, 0.2) is 16.7 Å². The fourth-order valence-corrected chi connectivity index (χ4v) is 5.15. The van der Waals surface area contributed by atoms with Crippen LogP contribution in [0.1, 0.15) is 37.7 Å². The Kier molecular flexibility index (Phi) is 6.99. The maximum Gasteiger partial charge on any atom is 0.267 e. The summed E-state index contributed by atoms with van der Waals surface area (Å²) in [5.74, 6) is 1.59. The van der Waals surface area contributed by atoms with Gasteiger partial charge in [0, 0.05) is 12.2 Å². The number of rotatable bonds is 6. The minimum absolute atomic E-state index is 0.0155. The van der Waals surface area contributed by atoms with Gasteiger partial charge in [-0.3, -0.25) is 14.7 Å². The molecule has 1 saturated heterocycles. The third-order valence-corrected chi connectivity index (χ3v) is 6.62. The molecule has 0 atom stereocenters. The van der Waals surface area contributed by atoms with E-state index in [1.807, 2.05) is 35.2 Å². The molecule has 4 rings (SSSR count). The lowest BCUT2D eigenvalue weighted by atomic mass is 9.94. The summed E-state index contributed by atoms with van der Waals surface area (Å²) in [6.07, 6.45) is 10.7. The second-order valence-corrected chi connectivity index (χ2v) is 8.65. The van der Waals surface area contributed by atoms with E-state index in [1.165, 1.54) is 18.2 Å². The average molecular weight is 454 g/mol. The molecule has 2 aliphatic rings. The molecular formula is C24H27N3O4S. The number of thioether (sulfide) groups is 1. The highest BCUT2D eigenvalue weighted by molar-refractivity contribution is 8.18. The van der Waals surface area contributed by atoms with E-state index < -0.39 is 0 Å². The topological polar surface area (TPSA) is 73.3 Å². The van der Waals surface area contributed by atoms with E-state index in [4.69, 9.17) is 19.2 Å². The smallest absolute Gasteiger partial charge is 0.267 e. The highest BCUT2D eigenvalue weighted by Gasteiger charge is 2.38. The third kappa shape index (κ3) is 4.60. The molecule has 0 unspecified atom stereocenters. The Hall–Kier alpha value is -3.00. The lowest BCUT2D eigenvalue weighted by molar-refractivity contribution is -0.124. The molecule has 7 nitrogen and oxygen atoms in total. The lowest BCUT2D eigenvalue weighted by Crippen LogP contribution is -2.40. The van der Waals surface area contributed by atoms with Crippen molar-refractivity contribution >= 4 is 34.6 Å². The molecule has 8 heteroatoms. The number of benzene rings is 1. The van der Waals surface area contributed by atoms with Crippen molar-refractivity contribution in [3.63, 3.8) is 0 Å². The number of hydrogen-bond donors (Lipinski definition) is 0. The van der Waals surface area contributed by atoms with Gasteiger partial charge in [0.25, 0.3) is 5.91 Å². The van der Waals surface area contributed by atoms with Crippen LogP contribution in [-0.2, 0) is 4.79 Å². The second kappa shape index (κ2) is 10.1. The minimum atomic E-state index is -0.0155. The number of pyridine rings is 1. The summed E-state index contributed by atoms with van der Waals surface area (Å²) in [6, 6.07) is 7.58. The zero-order chi connectivity index (χ0) is 22.5. The first-order valence-corrected chi connectivity index (χ1v) is 11.5. The van der Waals surface area contributed by atoms with Gasteiger partial charge in [0.1, 0.15) is 0 Å². The number of carbonyl (C=O) groups is 1. The molecule has 2 heterocycles. The standard InChI is InChI=1S/C24H27N3O4S/c1-29-19-12-16(13-20(30-2)22(19)31-3)14-21-23(28)27(18-9-5-4-6-10-18)24(32-21)26-17-8-7-11-25-15-17/h7-8,11-15,18H,4-6,9-10H2,1-3H3/b21-14-,26-24?. The van der Waals surface area contributed by atoms with Gasteiger partial charge < -0.3 is 14.2 Å². The Morgan fingerprint density at radius 3 is 2.41 bits per heavy atom. The van der Waals surface area contributed by atoms with Crippen molar-refractivity contribution in [2.45, 2.75) is 38.1 Å². The Labute approximate surface area is 192 Å². The number of methoxy groups -OCH3 is 3. The summed E-state index contributed by atoms with van der Waals surface area (Å²) >= 11 is 1.39. The van der Waals surface area contributed by atoms with Gasteiger partial charge in [0.05, 0.1) is 38.1 Å². The molecule has 0 radical (unpaired) electrons. The molecular weight excluding hydrogens is 426 g/mol. The summed E-state index contributed by atoms with van der Waals surface area (Å²) in [4.78, 5) is 24.9. The molecule has 1 saturated carbocycles. The summed E-state index contributed by atoms with van der Waals surface area (Å²) in [6.45, 7) is 0. The van der Waals surface area contributed by atoms with Crippen molar-refractivity contribution in [2.24, 2.45) is 4.99 Å². The third-order valence-electron chi connectivity index (χ3n) is 5.63. The van der Waals surface area contributed by atoms with Crippen LogP contribution in [0.15, 0.2) is 46.6 Å². The summed E-state index contributed by atoms with van der Waals surface area (Å²) < 4.78 is 16.3. The van der Waals surface area contributed by atoms with Gasteiger partial charge in [-0.15, -0.1) is 0 Å². The number of amidine groups is 1. The Morgan fingerprint density at radius 2 is 1.81 bits per heavy atom. The quantitative estimate of drug-likeness (QED) is 0.570. The molecule has 2 aromatic rings.